The molecule has 0 radical (unpaired) electrons. The van der Waals surface area contributed by atoms with E-state index in [4.69, 9.17) is 5.73 Å². The van der Waals surface area contributed by atoms with E-state index in [1.54, 1.807) is 6.20 Å². The van der Waals surface area contributed by atoms with Crippen molar-refractivity contribution in [3.8, 4) is 0 Å². The molecular formula is C16H20N4O. The van der Waals surface area contributed by atoms with Gasteiger partial charge in [0.15, 0.2) is 0 Å². The lowest BCUT2D eigenvalue weighted by atomic mass is 10.1. The highest BCUT2D eigenvalue weighted by Gasteiger charge is 2.27. The molecule has 5 heteroatoms. The lowest BCUT2D eigenvalue weighted by Gasteiger charge is -2.12. The van der Waals surface area contributed by atoms with E-state index in [1.165, 1.54) is 0 Å². The zero-order valence-corrected chi connectivity index (χ0v) is 11.9. The van der Waals surface area contributed by atoms with Crippen molar-refractivity contribution < 1.29 is 4.79 Å². The van der Waals surface area contributed by atoms with Gasteiger partial charge in [0.05, 0.1) is 6.54 Å². The molecule has 1 aliphatic carbocycles. The Labute approximate surface area is 124 Å². The van der Waals surface area contributed by atoms with Crippen LogP contribution in [0.25, 0.3) is 0 Å². The van der Waals surface area contributed by atoms with Crippen molar-refractivity contribution in [1.82, 2.24) is 9.78 Å². The molecule has 0 aliphatic heterocycles. The van der Waals surface area contributed by atoms with E-state index in [0.717, 1.165) is 30.5 Å². The first-order valence-electron chi connectivity index (χ1n) is 7.33. The molecule has 21 heavy (non-hydrogen) atoms. The van der Waals surface area contributed by atoms with Gasteiger partial charge in [-0.1, -0.05) is 12.1 Å². The van der Waals surface area contributed by atoms with Gasteiger partial charge in [-0.15, -0.1) is 0 Å². The van der Waals surface area contributed by atoms with Gasteiger partial charge in [0, 0.05) is 30.0 Å². The summed E-state index contributed by atoms with van der Waals surface area (Å²) in [6, 6.07) is 9.97. The molecule has 1 saturated carbocycles. The molecule has 0 bridgehead atoms. The maximum atomic E-state index is 12.2. The Morgan fingerprint density at radius 1 is 1.38 bits per heavy atom. The van der Waals surface area contributed by atoms with Gasteiger partial charge in [0.1, 0.15) is 0 Å². The Kier molecular flexibility index (Phi) is 4.01. The Morgan fingerprint density at radius 2 is 2.29 bits per heavy atom. The van der Waals surface area contributed by atoms with Crippen LogP contribution in [0, 0.1) is 5.92 Å². The lowest BCUT2D eigenvalue weighted by Crippen LogP contribution is -2.23. The SMILES string of the molecule is NC1CCC(C(=O)Nc2cccc(Cn3cccn3)c2)C1. The molecule has 1 heterocycles. The predicted molar refractivity (Wildman–Crippen MR) is 81.7 cm³/mol. The summed E-state index contributed by atoms with van der Waals surface area (Å²) in [6.45, 7) is 0.699. The number of nitrogens with two attached hydrogens (primary N) is 1. The van der Waals surface area contributed by atoms with Crippen LogP contribution < -0.4 is 11.1 Å². The molecule has 1 aromatic carbocycles. The highest BCUT2D eigenvalue weighted by Crippen LogP contribution is 2.25. The third-order valence-electron chi connectivity index (χ3n) is 3.94. The van der Waals surface area contributed by atoms with E-state index in [0.29, 0.717) is 6.54 Å². The van der Waals surface area contributed by atoms with Crippen LogP contribution in [0.5, 0.6) is 0 Å². The van der Waals surface area contributed by atoms with Gasteiger partial charge in [-0.3, -0.25) is 9.48 Å². The van der Waals surface area contributed by atoms with Crippen molar-refractivity contribution >= 4 is 11.6 Å². The fraction of sp³-hybridized carbons (Fsp3) is 0.375. The number of carbonyl (C=O) groups excluding carboxylic acids is 1. The summed E-state index contributed by atoms with van der Waals surface area (Å²) in [5.41, 5.74) is 7.82. The number of nitrogens with one attached hydrogen (secondary N) is 1. The van der Waals surface area contributed by atoms with Gasteiger partial charge >= 0.3 is 0 Å². The second-order valence-corrected chi connectivity index (χ2v) is 5.66. The topological polar surface area (TPSA) is 72.9 Å². The zero-order chi connectivity index (χ0) is 14.7. The second kappa shape index (κ2) is 6.10. The van der Waals surface area contributed by atoms with Crippen molar-refractivity contribution in [3.63, 3.8) is 0 Å². The fourth-order valence-corrected chi connectivity index (χ4v) is 2.83. The maximum Gasteiger partial charge on any atom is 0.227 e. The van der Waals surface area contributed by atoms with Crippen LogP contribution in [0.15, 0.2) is 42.7 Å². The van der Waals surface area contributed by atoms with E-state index in [-0.39, 0.29) is 17.9 Å². The van der Waals surface area contributed by atoms with Crippen molar-refractivity contribution in [1.29, 1.82) is 0 Å². The van der Waals surface area contributed by atoms with Gasteiger partial charge in [-0.2, -0.15) is 5.10 Å². The fourth-order valence-electron chi connectivity index (χ4n) is 2.83. The normalized spacial score (nSPS) is 21.4. The summed E-state index contributed by atoms with van der Waals surface area (Å²) >= 11 is 0. The molecule has 3 N–H and O–H groups in total. The number of nitrogens with zero attached hydrogens (tertiary/aromatic N) is 2. The van der Waals surface area contributed by atoms with Gasteiger partial charge < -0.3 is 11.1 Å². The summed E-state index contributed by atoms with van der Waals surface area (Å²) in [5, 5.41) is 7.19. The Morgan fingerprint density at radius 3 is 3.00 bits per heavy atom. The number of carbonyl (C=O) groups is 1. The van der Waals surface area contributed by atoms with E-state index >= 15 is 0 Å². The van der Waals surface area contributed by atoms with Crippen LogP contribution in [-0.4, -0.2) is 21.7 Å². The third-order valence-corrected chi connectivity index (χ3v) is 3.94. The van der Waals surface area contributed by atoms with Crippen LogP contribution in [0.2, 0.25) is 0 Å². The molecule has 1 amide bonds. The first kappa shape index (κ1) is 13.8. The molecule has 2 aromatic rings. The average Bonchev–Trinajstić information content (AvgIpc) is 3.11. The van der Waals surface area contributed by atoms with Crippen molar-refractivity contribution in [2.45, 2.75) is 31.8 Å². The Bertz CT molecular complexity index is 608. The van der Waals surface area contributed by atoms with Crippen LogP contribution in [0.1, 0.15) is 24.8 Å². The van der Waals surface area contributed by atoms with E-state index < -0.39 is 0 Å². The molecule has 2 unspecified atom stereocenters. The van der Waals surface area contributed by atoms with Gasteiger partial charge in [0.2, 0.25) is 5.91 Å². The summed E-state index contributed by atoms with van der Waals surface area (Å²) in [7, 11) is 0. The third kappa shape index (κ3) is 3.49. The molecular weight excluding hydrogens is 264 g/mol. The number of anilines is 1. The zero-order valence-electron chi connectivity index (χ0n) is 11.9. The molecule has 3 rings (SSSR count). The van der Waals surface area contributed by atoms with Gasteiger partial charge in [-0.05, 0) is 43.0 Å². The quantitative estimate of drug-likeness (QED) is 0.902. The van der Waals surface area contributed by atoms with Crippen LogP contribution in [-0.2, 0) is 11.3 Å². The number of amides is 1. The molecule has 1 fully saturated rings. The van der Waals surface area contributed by atoms with Crippen molar-refractivity contribution in [2.24, 2.45) is 11.7 Å². The highest BCUT2D eigenvalue weighted by molar-refractivity contribution is 5.92. The monoisotopic (exact) mass is 284 g/mol. The Hall–Kier alpha value is -2.14. The van der Waals surface area contributed by atoms with Crippen LogP contribution >= 0.6 is 0 Å². The first-order chi connectivity index (χ1) is 10.2. The summed E-state index contributed by atoms with van der Waals surface area (Å²) in [5.74, 6) is 0.133. The van der Waals surface area contributed by atoms with E-state index in [1.807, 2.05) is 41.2 Å². The summed E-state index contributed by atoms with van der Waals surface area (Å²) in [4.78, 5) is 12.2. The smallest absolute Gasteiger partial charge is 0.227 e. The summed E-state index contributed by atoms with van der Waals surface area (Å²) < 4.78 is 1.86. The molecule has 0 spiro atoms. The number of hydrogen-bond acceptors (Lipinski definition) is 3. The average molecular weight is 284 g/mol. The van der Waals surface area contributed by atoms with E-state index in [2.05, 4.69) is 10.4 Å². The second-order valence-electron chi connectivity index (χ2n) is 5.66. The van der Waals surface area contributed by atoms with Crippen LogP contribution in [0.3, 0.4) is 0 Å². The molecule has 5 nitrogen and oxygen atoms in total. The van der Waals surface area contributed by atoms with Gasteiger partial charge in [-0.25, -0.2) is 0 Å². The molecule has 110 valence electrons. The largest absolute Gasteiger partial charge is 0.328 e. The van der Waals surface area contributed by atoms with Crippen molar-refractivity contribution in [2.75, 3.05) is 5.32 Å². The maximum absolute atomic E-state index is 12.2. The van der Waals surface area contributed by atoms with Gasteiger partial charge in [0.25, 0.3) is 0 Å². The standard InChI is InChI=1S/C16H20N4O/c17-14-6-5-13(10-14)16(21)19-15-4-1-3-12(9-15)11-20-8-2-7-18-20/h1-4,7-9,13-14H,5-6,10-11,17H2,(H,19,21). The minimum absolute atomic E-state index is 0.0507. The number of aromatic nitrogens is 2. The molecule has 1 aromatic heterocycles. The van der Waals surface area contributed by atoms with Crippen molar-refractivity contribution in [3.05, 3.63) is 48.3 Å². The lowest BCUT2D eigenvalue weighted by molar-refractivity contribution is -0.119. The molecule has 2 atom stereocenters. The Balaban J connectivity index is 1.64. The minimum atomic E-state index is 0.0507. The summed E-state index contributed by atoms with van der Waals surface area (Å²) in [6.07, 6.45) is 6.30. The first-order valence-corrected chi connectivity index (χ1v) is 7.33. The number of rotatable bonds is 4. The number of benzene rings is 1. The predicted octanol–water partition coefficient (Wildman–Crippen LogP) is 2.00. The van der Waals surface area contributed by atoms with Crippen LogP contribution in [0.4, 0.5) is 5.69 Å². The number of hydrogen-bond donors (Lipinski definition) is 2. The highest BCUT2D eigenvalue weighted by atomic mass is 16.1. The van der Waals surface area contributed by atoms with E-state index in [9.17, 15) is 4.79 Å². The minimum Gasteiger partial charge on any atom is -0.328 e. The molecule has 0 saturated heterocycles. The molecule has 1 aliphatic rings.